The first kappa shape index (κ1) is 21.5. The van der Waals surface area contributed by atoms with E-state index in [-0.39, 0.29) is 12.4 Å². The van der Waals surface area contributed by atoms with Crippen molar-refractivity contribution in [2.24, 2.45) is 0 Å². The molecule has 0 aliphatic heterocycles. The number of hydrogen-bond donors (Lipinski definition) is 0. The van der Waals surface area contributed by atoms with E-state index in [0.717, 1.165) is 17.0 Å². The minimum atomic E-state index is -0.577. The number of ether oxygens (including phenoxy) is 1. The van der Waals surface area contributed by atoms with Crippen molar-refractivity contribution in [1.29, 1.82) is 0 Å². The average molecular weight is 450 g/mol. The molecule has 8 nitrogen and oxygen atoms in total. The lowest BCUT2D eigenvalue weighted by Crippen LogP contribution is -2.15. The number of hydrogen-bond acceptors (Lipinski definition) is 6. The maximum absolute atomic E-state index is 12.8. The minimum Gasteiger partial charge on any atom is -0.454 e. The molecule has 162 valence electrons. The number of carbonyl (C=O) groups excluding carboxylic acids is 2. The zero-order valence-corrected chi connectivity index (χ0v) is 18.3. The summed E-state index contributed by atoms with van der Waals surface area (Å²) in [6.07, 6.45) is 1.45. The van der Waals surface area contributed by atoms with Gasteiger partial charge in [0, 0.05) is 28.5 Å². The Morgan fingerprint density at radius 2 is 1.81 bits per heavy atom. The van der Waals surface area contributed by atoms with Gasteiger partial charge in [0.1, 0.15) is 6.33 Å². The third-order valence-corrected chi connectivity index (χ3v) is 5.58. The van der Waals surface area contributed by atoms with E-state index in [4.69, 9.17) is 16.3 Å². The number of rotatable bonds is 7. The first-order valence-electron chi connectivity index (χ1n) is 9.88. The van der Waals surface area contributed by atoms with Gasteiger partial charge in [0.15, 0.2) is 6.61 Å². The zero-order chi connectivity index (χ0) is 22.7. The maximum atomic E-state index is 12.8. The predicted octanol–water partition coefficient (Wildman–Crippen LogP) is 3.82. The zero-order valence-electron chi connectivity index (χ0n) is 17.5. The van der Waals surface area contributed by atoms with Crippen molar-refractivity contribution in [3.63, 3.8) is 0 Å². The van der Waals surface area contributed by atoms with E-state index in [2.05, 4.69) is 15.5 Å². The fourth-order valence-corrected chi connectivity index (χ4v) is 3.64. The summed E-state index contributed by atoms with van der Waals surface area (Å²) in [5.74, 6) is -0.839. The van der Waals surface area contributed by atoms with Crippen LogP contribution in [0.3, 0.4) is 0 Å². The lowest BCUT2D eigenvalue weighted by molar-refractivity contribution is 0.0474. The second-order valence-electron chi connectivity index (χ2n) is 7.26. The van der Waals surface area contributed by atoms with Crippen LogP contribution in [0.2, 0.25) is 5.02 Å². The fraction of sp³-hybridized carbons (Fsp3) is 0.174. The number of benzene rings is 2. The Morgan fingerprint density at radius 1 is 1.06 bits per heavy atom. The number of aromatic nitrogens is 5. The summed E-state index contributed by atoms with van der Waals surface area (Å²) in [4.78, 5) is 25.1. The smallest absolute Gasteiger partial charge is 0.338 e. The molecule has 0 saturated heterocycles. The molecule has 0 bridgehead atoms. The monoisotopic (exact) mass is 449 g/mol. The number of halogens is 1. The van der Waals surface area contributed by atoms with Gasteiger partial charge in [-0.2, -0.15) is 0 Å². The molecular formula is C23H20ClN5O3. The highest BCUT2D eigenvalue weighted by Crippen LogP contribution is 2.22. The summed E-state index contributed by atoms with van der Waals surface area (Å²) < 4.78 is 8.74. The molecule has 2 aromatic heterocycles. The van der Waals surface area contributed by atoms with Gasteiger partial charge in [-0.05, 0) is 66.2 Å². The normalized spacial score (nSPS) is 10.8. The largest absolute Gasteiger partial charge is 0.454 e. The highest BCUT2D eigenvalue weighted by molar-refractivity contribution is 6.31. The van der Waals surface area contributed by atoms with Crippen LogP contribution in [-0.4, -0.2) is 43.1 Å². The van der Waals surface area contributed by atoms with E-state index in [1.165, 1.54) is 11.0 Å². The molecule has 0 spiro atoms. The molecule has 0 saturated carbocycles. The molecule has 4 rings (SSSR count). The minimum absolute atomic E-state index is 0.262. The topological polar surface area (TPSA) is 91.9 Å². The van der Waals surface area contributed by atoms with Gasteiger partial charge in [0.2, 0.25) is 5.78 Å². The molecule has 0 atom stereocenters. The standard InChI is InChI=1S/C23H20ClN5O3/c1-15-11-20(16(2)28(15)12-18-5-3-4-6-21(18)24)22(30)13-32-23(31)17-7-9-19(10-8-17)29-14-25-26-27-29/h3-11,14H,12-13H2,1-2H3. The van der Waals surface area contributed by atoms with Gasteiger partial charge < -0.3 is 9.30 Å². The lowest BCUT2D eigenvalue weighted by atomic mass is 10.1. The first-order valence-corrected chi connectivity index (χ1v) is 10.3. The molecule has 2 aromatic carbocycles. The second kappa shape index (κ2) is 9.15. The Hall–Kier alpha value is -3.78. The van der Waals surface area contributed by atoms with Gasteiger partial charge in [-0.3, -0.25) is 4.79 Å². The Bertz CT molecular complexity index is 1260. The van der Waals surface area contributed by atoms with E-state index < -0.39 is 5.97 Å². The molecular weight excluding hydrogens is 430 g/mol. The second-order valence-corrected chi connectivity index (χ2v) is 7.67. The van der Waals surface area contributed by atoms with Crippen LogP contribution >= 0.6 is 11.6 Å². The van der Waals surface area contributed by atoms with Crippen LogP contribution in [-0.2, 0) is 11.3 Å². The molecule has 0 fully saturated rings. The fourth-order valence-electron chi connectivity index (χ4n) is 3.45. The molecule has 0 unspecified atom stereocenters. The molecule has 0 radical (unpaired) electrons. The van der Waals surface area contributed by atoms with E-state index in [9.17, 15) is 9.59 Å². The van der Waals surface area contributed by atoms with Gasteiger partial charge in [0.05, 0.1) is 11.3 Å². The molecule has 4 aromatic rings. The number of carbonyl (C=O) groups is 2. The van der Waals surface area contributed by atoms with E-state index in [0.29, 0.717) is 28.4 Å². The number of Topliss-reactive ketones (excluding diaryl/α,β-unsaturated/α-hetero) is 1. The van der Waals surface area contributed by atoms with Crippen molar-refractivity contribution in [3.8, 4) is 5.69 Å². The lowest BCUT2D eigenvalue weighted by Gasteiger charge is -2.11. The van der Waals surface area contributed by atoms with Gasteiger partial charge in [-0.25, -0.2) is 9.48 Å². The van der Waals surface area contributed by atoms with E-state index in [1.54, 1.807) is 24.3 Å². The Kier molecular flexibility index (Phi) is 6.13. The summed E-state index contributed by atoms with van der Waals surface area (Å²) >= 11 is 6.28. The van der Waals surface area contributed by atoms with Crippen molar-refractivity contribution < 1.29 is 14.3 Å². The predicted molar refractivity (Wildman–Crippen MR) is 118 cm³/mol. The molecule has 0 N–H and O–H groups in total. The molecule has 2 heterocycles. The third-order valence-electron chi connectivity index (χ3n) is 5.21. The summed E-state index contributed by atoms with van der Waals surface area (Å²) in [6.45, 7) is 4.01. The summed E-state index contributed by atoms with van der Waals surface area (Å²) in [5, 5.41) is 11.6. The van der Waals surface area contributed by atoms with Crippen LogP contribution in [0.25, 0.3) is 5.69 Å². The highest BCUT2D eigenvalue weighted by atomic mass is 35.5. The number of nitrogens with zero attached hydrogens (tertiary/aromatic N) is 5. The van der Waals surface area contributed by atoms with Crippen LogP contribution in [0.15, 0.2) is 60.9 Å². The molecule has 0 amide bonds. The van der Waals surface area contributed by atoms with Crippen molar-refractivity contribution >= 4 is 23.4 Å². The highest BCUT2D eigenvalue weighted by Gasteiger charge is 2.18. The molecule has 0 aliphatic carbocycles. The van der Waals surface area contributed by atoms with Gasteiger partial charge in [0.25, 0.3) is 0 Å². The quantitative estimate of drug-likeness (QED) is 0.314. The van der Waals surface area contributed by atoms with Crippen LogP contribution in [0.4, 0.5) is 0 Å². The van der Waals surface area contributed by atoms with Gasteiger partial charge in [-0.1, -0.05) is 29.8 Å². The van der Waals surface area contributed by atoms with Crippen LogP contribution in [0.5, 0.6) is 0 Å². The number of tetrazole rings is 1. The van der Waals surface area contributed by atoms with E-state index in [1.807, 2.05) is 48.7 Å². The number of ketones is 1. The van der Waals surface area contributed by atoms with Crippen molar-refractivity contribution in [2.75, 3.05) is 6.61 Å². The molecule has 9 heteroatoms. The molecule has 0 aliphatic rings. The third kappa shape index (κ3) is 4.45. The summed E-state index contributed by atoms with van der Waals surface area (Å²) in [7, 11) is 0. The molecule has 32 heavy (non-hydrogen) atoms. The average Bonchev–Trinajstić information content (AvgIpc) is 3.43. The SMILES string of the molecule is Cc1cc(C(=O)COC(=O)c2ccc(-n3cnnn3)cc2)c(C)n1Cc1ccccc1Cl. The van der Waals surface area contributed by atoms with Crippen LogP contribution in [0.1, 0.15) is 37.7 Å². The maximum Gasteiger partial charge on any atom is 0.338 e. The Morgan fingerprint density at radius 3 is 2.50 bits per heavy atom. The van der Waals surface area contributed by atoms with Gasteiger partial charge in [-0.15, -0.1) is 5.10 Å². The van der Waals surface area contributed by atoms with Crippen molar-refractivity contribution in [2.45, 2.75) is 20.4 Å². The van der Waals surface area contributed by atoms with Crippen LogP contribution < -0.4 is 0 Å². The van der Waals surface area contributed by atoms with Crippen molar-refractivity contribution in [1.82, 2.24) is 24.8 Å². The van der Waals surface area contributed by atoms with E-state index >= 15 is 0 Å². The number of esters is 1. The summed E-state index contributed by atoms with van der Waals surface area (Å²) in [6, 6.07) is 16.0. The Balaban J connectivity index is 1.42. The van der Waals surface area contributed by atoms with Crippen molar-refractivity contribution in [3.05, 3.63) is 94.0 Å². The number of aryl methyl sites for hydroxylation is 1. The Labute approximate surface area is 189 Å². The van der Waals surface area contributed by atoms with Gasteiger partial charge >= 0.3 is 5.97 Å². The first-order chi connectivity index (χ1) is 15.4. The summed E-state index contributed by atoms with van der Waals surface area (Å²) in [5.41, 5.74) is 4.25. The van der Waals surface area contributed by atoms with Crippen LogP contribution in [0, 0.1) is 13.8 Å².